The van der Waals surface area contributed by atoms with Crippen LogP contribution in [0.25, 0.3) is 33.6 Å². The van der Waals surface area contributed by atoms with Crippen molar-refractivity contribution in [1.82, 2.24) is 15.0 Å². The van der Waals surface area contributed by atoms with Crippen molar-refractivity contribution in [2.24, 2.45) is 0 Å². The summed E-state index contributed by atoms with van der Waals surface area (Å²) in [5.41, 5.74) is 6.06. The Labute approximate surface area is 179 Å². The molecule has 5 aromatic rings. The van der Waals surface area contributed by atoms with Gasteiger partial charge in [-0.2, -0.15) is 0 Å². The third kappa shape index (κ3) is 3.59. The van der Waals surface area contributed by atoms with Gasteiger partial charge in [-0.25, -0.2) is 9.97 Å². The minimum absolute atomic E-state index is 0.259. The number of H-pyrrole nitrogens is 1. The minimum Gasteiger partial charge on any atom is -0.463 e. The average Bonchev–Trinajstić information content (AvgIpc) is 3.45. The number of hydrogen-bond acceptors (Lipinski definition) is 4. The molecule has 3 heterocycles. The van der Waals surface area contributed by atoms with Gasteiger partial charge in [0.2, 0.25) is 5.95 Å². The van der Waals surface area contributed by atoms with Gasteiger partial charge >= 0.3 is 0 Å². The molecule has 3 aromatic heterocycles. The van der Waals surface area contributed by atoms with Crippen molar-refractivity contribution in [2.75, 3.05) is 5.32 Å². The summed E-state index contributed by atoms with van der Waals surface area (Å²) in [5, 5.41) is 3.64. The van der Waals surface area contributed by atoms with E-state index in [1.54, 1.807) is 18.5 Å². The third-order valence-electron chi connectivity index (χ3n) is 5.21. The summed E-state index contributed by atoms with van der Waals surface area (Å²) >= 11 is 0. The van der Waals surface area contributed by atoms with Crippen molar-refractivity contribution < 1.29 is 9.21 Å². The first-order chi connectivity index (χ1) is 15.1. The van der Waals surface area contributed by atoms with Crippen LogP contribution in [0, 0.1) is 13.8 Å². The molecule has 6 nitrogen and oxygen atoms in total. The van der Waals surface area contributed by atoms with Crippen LogP contribution in [-0.4, -0.2) is 20.9 Å². The van der Waals surface area contributed by atoms with E-state index in [9.17, 15) is 4.79 Å². The number of furan rings is 1. The molecule has 0 unspecified atom stereocenters. The first-order valence-electron chi connectivity index (χ1n) is 9.96. The van der Waals surface area contributed by atoms with Crippen LogP contribution in [0.5, 0.6) is 0 Å². The summed E-state index contributed by atoms with van der Waals surface area (Å²) in [6, 6.07) is 19.3. The smallest absolute Gasteiger partial charge is 0.258 e. The van der Waals surface area contributed by atoms with Crippen LogP contribution in [0.2, 0.25) is 0 Å². The van der Waals surface area contributed by atoms with Gasteiger partial charge in [0.25, 0.3) is 5.91 Å². The van der Waals surface area contributed by atoms with Gasteiger partial charge in [-0.15, -0.1) is 0 Å². The highest BCUT2D eigenvalue weighted by Crippen LogP contribution is 2.28. The number of anilines is 1. The highest BCUT2D eigenvalue weighted by molar-refractivity contribution is 6.12. The van der Waals surface area contributed by atoms with Crippen molar-refractivity contribution in [2.45, 2.75) is 13.8 Å². The van der Waals surface area contributed by atoms with Gasteiger partial charge in [-0.05, 0) is 43.7 Å². The summed E-state index contributed by atoms with van der Waals surface area (Å²) in [7, 11) is 0. The summed E-state index contributed by atoms with van der Waals surface area (Å²) in [4.78, 5) is 25.4. The number of amides is 1. The molecule has 0 bridgehead atoms. The molecule has 152 valence electrons. The zero-order valence-corrected chi connectivity index (χ0v) is 17.1. The van der Waals surface area contributed by atoms with E-state index in [1.165, 1.54) is 5.56 Å². The first-order valence-corrected chi connectivity index (χ1v) is 9.96. The van der Waals surface area contributed by atoms with Crippen LogP contribution >= 0.6 is 0 Å². The fraction of sp³-hybridized carbons (Fsp3) is 0.0800. The molecule has 0 spiro atoms. The van der Waals surface area contributed by atoms with Gasteiger partial charge in [0.15, 0.2) is 5.76 Å². The van der Waals surface area contributed by atoms with E-state index in [-0.39, 0.29) is 5.91 Å². The van der Waals surface area contributed by atoms with Crippen molar-refractivity contribution in [1.29, 1.82) is 0 Å². The number of rotatable bonds is 4. The molecule has 2 N–H and O–H groups in total. The summed E-state index contributed by atoms with van der Waals surface area (Å²) in [5.74, 6) is 0.745. The van der Waals surface area contributed by atoms with Gasteiger partial charge in [0, 0.05) is 10.9 Å². The quantitative estimate of drug-likeness (QED) is 0.396. The molecule has 0 saturated carbocycles. The lowest BCUT2D eigenvalue weighted by Crippen LogP contribution is -2.14. The molecule has 0 aliphatic rings. The molecular weight excluding hydrogens is 388 g/mol. The predicted molar refractivity (Wildman–Crippen MR) is 121 cm³/mol. The Morgan fingerprint density at radius 3 is 2.71 bits per heavy atom. The van der Waals surface area contributed by atoms with E-state index >= 15 is 0 Å². The number of hydrogen-bond donors (Lipinski definition) is 2. The molecule has 0 saturated heterocycles. The number of aromatic amines is 1. The van der Waals surface area contributed by atoms with E-state index in [1.807, 2.05) is 42.5 Å². The standard InChI is InChI=1S/C25H20N4O2/c1-15-9-10-17(16(2)12-15)21-13-19(18-6-3-4-7-20(18)27-21)24(30)29-25-26-14-22(28-25)23-8-5-11-31-23/h3-14H,1-2H3,(H2,26,28,29,30). The molecule has 0 fully saturated rings. The van der Waals surface area contributed by atoms with Crippen LogP contribution in [0.4, 0.5) is 5.95 Å². The van der Waals surface area contributed by atoms with Crippen LogP contribution in [0.15, 0.2) is 77.5 Å². The molecule has 5 rings (SSSR count). The van der Waals surface area contributed by atoms with Gasteiger partial charge in [-0.3, -0.25) is 10.1 Å². The molecule has 31 heavy (non-hydrogen) atoms. The van der Waals surface area contributed by atoms with Crippen LogP contribution in [0.3, 0.4) is 0 Å². The second-order valence-electron chi connectivity index (χ2n) is 7.47. The van der Waals surface area contributed by atoms with Crippen molar-refractivity contribution in [3.63, 3.8) is 0 Å². The molecule has 0 aliphatic heterocycles. The summed E-state index contributed by atoms with van der Waals surface area (Å²) < 4.78 is 5.37. The lowest BCUT2D eigenvalue weighted by Gasteiger charge is -2.11. The van der Waals surface area contributed by atoms with E-state index in [0.717, 1.165) is 27.7 Å². The number of pyridine rings is 1. The fourth-order valence-electron chi connectivity index (χ4n) is 3.72. The fourth-order valence-corrected chi connectivity index (χ4v) is 3.72. The van der Waals surface area contributed by atoms with E-state index in [4.69, 9.17) is 9.40 Å². The Morgan fingerprint density at radius 2 is 1.90 bits per heavy atom. The Balaban J connectivity index is 1.54. The van der Waals surface area contributed by atoms with Gasteiger partial charge in [0.1, 0.15) is 5.69 Å². The maximum atomic E-state index is 13.2. The van der Waals surface area contributed by atoms with E-state index in [2.05, 4.69) is 41.3 Å². The lowest BCUT2D eigenvalue weighted by atomic mass is 9.99. The Morgan fingerprint density at radius 1 is 1.03 bits per heavy atom. The number of carbonyl (C=O) groups is 1. The maximum Gasteiger partial charge on any atom is 0.258 e. The molecule has 1 amide bonds. The lowest BCUT2D eigenvalue weighted by molar-refractivity contribution is 0.102. The molecule has 0 radical (unpaired) electrons. The predicted octanol–water partition coefficient (Wildman–Crippen LogP) is 5.75. The molecule has 2 aromatic carbocycles. The number of benzene rings is 2. The first kappa shape index (κ1) is 18.8. The molecular formula is C25H20N4O2. The van der Waals surface area contributed by atoms with Crippen LogP contribution in [-0.2, 0) is 0 Å². The second kappa shape index (κ2) is 7.57. The van der Waals surface area contributed by atoms with Gasteiger partial charge < -0.3 is 9.40 Å². The van der Waals surface area contributed by atoms with Gasteiger partial charge in [0.05, 0.1) is 29.2 Å². The van der Waals surface area contributed by atoms with E-state index < -0.39 is 0 Å². The van der Waals surface area contributed by atoms with Crippen molar-refractivity contribution in [3.05, 3.63) is 89.8 Å². The normalized spacial score (nSPS) is 11.0. The zero-order valence-electron chi connectivity index (χ0n) is 17.1. The number of aryl methyl sites for hydroxylation is 2. The minimum atomic E-state index is -0.259. The average molecular weight is 408 g/mol. The third-order valence-corrected chi connectivity index (χ3v) is 5.21. The Hall–Kier alpha value is -4.19. The van der Waals surface area contributed by atoms with Crippen molar-refractivity contribution >= 4 is 22.8 Å². The zero-order chi connectivity index (χ0) is 21.4. The number of nitrogens with zero attached hydrogens (tertiary/aromatic N) is 2. The molecule has 6 heteroatoms. The number of aromatic nitrogens is 3. The SMILES string of the molecule is Cc1ccc(-c2cc(C(=O)Nc3ncc(-c4ccco4)[nH]3)c3ccccc3n2)c(C)c1. The molecule has 0 atom stereocenters. The number of para-hydroxylation sites is 1. The Kier molecular flexibility index (Phi) is 4.59. The maximum absolute atomic E-state index is 13.2. The largest absolute Gasteiger partial charge is 0.463 e. The van der Waals surface area contributed by atoms with Crippen LogP contribution in [0.1, 0.15) is 21.5 Å². The van der Waals surface area contributed by atoms with Crippen LogP contribution < -0.4 is 5.32 Å². The Bertz CT molecular complexity index is 1400. The van der Waals surface area contributed by atoms with E-state index in [0.29, 0.717) is 23.0 Å². The number of nitrogens with one attached hydrogen (secondary N) is 2. The highest BCUT2D eigenvalue weighted by Gasteiger charge is 2.16. The topological polar surface area (TPSA) is 83.8 Å². The summed E-state index contributed by atoms with van der Waals surface area (Å²) in [6.45, 7) is 4.11. The number of carbonyl (C=O) groups excluding carboxylic acids is 1. The van der Waals surface area contributed by atoms with Crippen molar-refractivity contribution in [3.8, 4) is 22.7 Å². The highest BCUT2D eigenvalue weighted by atomic mass is 16.3. The molecule has 0 aliphatic carbocycles. The second-order valence-corrected chi connectivity index (χ2v) is 7.47. The summed E-state index contributed by atoms with van der Waals surface area (Å²) in [6.07, 6.45) is 3.21. The number of fused-ring (bicyclic) bond motifs is 1. The van der Waals surface area contributed by atoms with Gasteiger partial charge in [-0.1, -0.05) is 42.0 Å². The monoisotopic (exact) mass is 408 g/mol. The number of imidazole rings is 1.